The third kappa shape index (κ3) is 8.49. The smallest absolute Gasteiger partial charge is 0.305 e. The SMILES string of the molecule is NC1CCC(COC(=O)CCCCC(=O)OCC2CCC(N)CC2)CC1. The normalized spacial score (nSPS) is 29.2. The first-order valence-corrected chi connectivity index (χ1v) is 10.4. The molecule has 0 saturated heterocycles. The second-order valence-electron chi connectivity index (χ2n) is 8.13. The Morgan fingerprint density at radius 2 is 1.00 bits per heavy atom. The van der Waals surface area contributed by atoms with Crippen LogP contribution in [0.1, 0.15) is 77.0 Å². The van der Waals surface area contributed by atoms with Gasteiger partial charge in [0.05, 0.1) is 13.2 Å². The molecular formula is C20H36N2O4. The number of hydrogen-bond acceptors (Lipinski definition) is 6. The number of ether oxygens (including phenoxy) is 2. The van der Waals surface area contributed by atoms with Gasteiger partial charge in [0.1, 0.15) is 0 Å². The second-order valence-corrected chi connectivity index (χ2v) is 8.13. The molecule has 0 unspecified atom stereocenters. The van der Waals surface area contributed by atoms with E-state index in [9.17, 15) is 9.59 Å². The van der Waals surface area contributed by atoms with Crippen LogP contribution in [0.5, 0.6) is 0 Å². The molecule has 0 aliphatic heterocycles. The summed E-state index contributed by atoms with van der Waals surface area (Å²) in [6, 6.07) is 0.634. The van der Waals surface area contributed by atoms with E-state index in [1.54, 1.807) is 0 Å². The highest BCUT2D eigenvalue weighted by atomic mass is 16.5. The summed E-state index contributed by atoms with van der Waals surface area (Å²) in [5, 5.41) is 0. The number of hydrogen-bond donors (Lipinski definition) is 2. The summed E-state index contributed by atoms with van der Waals surface area (Å²) in [5.41, 5.74) is 11.8. The Hall–Kier alpha value is -1.14. The number of unbranched alkanes of at least 4 members (excludes halogenated alkanes) is 1. The Balaban J connectivity index is 1.44. The predicted octanol–water partition coefficient (Wildman–Crippen LogP) is 2.67. The lowest BCUT2D eigenvalue weighted by Crippen LogP contribution is -2.28. The van der Waals surface area contributed by atoms with Crippen molar-refractivity contribution in [1.29, 1.82) is 0 Å². The van der Waals surface area contributed by atoms with Gasteiger partial charge in [-0.05, 0) is 76.0 Å². The van der Waals surface area contributed by atoms with E-state index in [0.717, 1.165) is 51.4 Å². The Bertz CT molecular complexity index is 388. The number of esters is 2. The van der Waals surface area contributed by atoms with E-state index in [2.05, 4.69) is 0 Å². The minimum Gasteiger partial charge on any atom is -0.465 e. The molecular weight excluding hydrogens is 332 g/mol. The summed E-state index contributed by atoms with van der Waals surface area (Å²) in [4.78, 5) is 23.6. The number of nitrogens with two attached hydrogens (primary N) is 2. The maximum atomic E-state index is 11.8. The van der Waals surface area contributed by atoms with Gasteiger partial charge in [0.25, 0.3) is 0 Å². The van der Waals surface area contributed by atoms with Crippen LogP contribution in [0.15, 0.2) is 0 Å². The Kier molecular flexibility index (Phi) is 9.40. The molecule has 2 rings (SSSR count). The van der Waals surface area contributed by atoms with Crippen LogP contribution in [0.3, 0.4) is 0 Å². The second kappa shape index (κ2) is 11.5. The van der Waals surface area contributed by atoms with Gasteiger partial charge in [-0.2, -0.15) is 0 Å². The van der Waals surface area contributed by atoms with Gasteiger partial charge in [-0.25, -0.2) is 0 Å². The van der Waals surface area contributed by atoms with Gasteiger partial charge in [-0.3, -0.25) is 9.59 Å². The molecule has 0 spiro atoms. The summed E-state index contributed by atoms with van der Waals surface area (Å²) >= 11 is 0. The third-order valence-electron chi connectivity index (χ3n) is 5.75. The molecule has 0 radical (unpaired) electrons. The predicted molar refractivity (Wildman–Crippen MR) is 100 cm³/mol. The maximum absolute atomic E-state index is 11.8. The minimum atomic E-state index is -0.160. The molecule has 0 atom stereocenters. The lowest BCUT2D eigenvalue weighted by atomic mass is 9.87. The summed E-state index contributed by atoms with van der Waals surface area (Å²) in [5.74, 6) is 0.602. The van der Waals surface area contributed by atoms with E-state index in [1.165, 1.54) is 0 Å². The first kappa shape index (κ1) is 21.2. The molecule has 2 fully saturated rings. The van der Waals surface area contributed by atoms with Gasteiger partial charge in [0.15, 0.2) is 0 Å². The van der Waals surface area contributed by atoms with Crippen LogP contribution in [0.2, 0.25) is 0 Å². The van der Waals surface area contributed by atoms with Crippen molar-refractivity contribution in [3.05, 3.63) is 0 Å². The minimum absolute atomic E-state index is 0.160. The lowest BCUT2D eigenvalue weighted by molar-refractivity contribution is -0.147. The van der Waals surface area contributed by atoms with E-state index < -0.39 is 0 Å². The molecule has 0 aromatic carbocycles. The maximum Gasteiger partial charge on any atom is 0.305 e. The van der Waals surface area contributed by atoms with Gasteiger partial charge >= 0.3 is 11.9 Å². The van der Waals surface area contributed by atoms with E-state index in [-0.39, 0.29) is 11.9 Å². The quantitative estimate of drug-likeness (QED) is 0.479. The third-order valence-corrected chi connectivity index (χ3v) is 5.75. The van der Waals surface area contributed by atoms with Crippen LogP contribution in [0.25, 0.3) is 0 Å². The van der Waals surface area contributed by atoms with Crippen molar-refractivity contribution < 1.29 is 19.1 Å². The zero-order chi connectivity index (χ0) is 18.8. The molecule has 2 aliphatic carbocycles. The molecule has 0 heterocycles. The summed E-state index contributed by atoms with van der Waals surface area (Å²) in [7, 11) is 0. The van der Waals surface area contributed by atoms with E-state index in [0.29, 0.717) is 62.8 Å². The molecule has 0 amide bonds. The van der Waals surface area contributed by atoms with Crippen molar-refractivity contribution in [3.8, 4) is 0 Å². The zero-order valence-corrected chi connectivity index (χ0v) is 16.0. The van der Waals surface area contributed by atoms with E-state index in [4.69, 9.17) is 20.9 Å². The van der Waals surface area contributed by atoms with Crippen LogP contribution >= 0.6 is 0 Å². The fourth-order valence-electron chi connectivity index (χ4n) is 3.81. The molecule has 0 aromatic rings. The van der Waals surface area contributed by atoms with E-state index in [1.807, 2.05) is 0 Å². The summed E-state index contributed by atoms with van der Waals surface area (Å²) in [6.07, 6.45) is 10.4. The first-order chi connectivity index (χ1) is 12.5. The number of carbonyl (C=O) groups excluding carboxylic acids is 2. The molecule has 6 heteroatoms. The zero-order valence-electron chi connectivity index (χ0n) is 16.0. The van der Waals surface area contributed by atoms with Gasteiger partial charge < -0.3 is 20.9 Å². The molecule has 0 bridgehead atoms. The summed E-state index contributed by atoms with van der Waals surface area (Å²) in [6.45, 7) is 1.03. The van der Waals surface area contributed by atoms with Crippen LogP contribution < -0.4 is 11.5 Å². The molecule has 4 N–H and O–H groups in total. The molecule has 26 heavy (non-hydrogen) atoms. The van der Waals surface area contributed by atoms with Gasteiger partial charge in [-0.15, -0.1) is 0 Å². The average molecular weight is 369 g/mol. The van der Waals surface area contributed by atoms with Crippen LogP contribution in [-0.2, 0) is 19.1 Å². The summed E-state index contributed by atoms with van der Waals surface area (Å²) < 4.78 is 10.7. The number of carbonyl (C=O) groups is 2. The van der Waals surface area contributed by atoms with Crippen LogP contribution in [0.4, 0.5) is 0 Å². The van der Waals surface area contributed by atoms with Crippen molar-refractivity contribution in [2.75, 3.05) is 13.2 Å². The van der Waals surface area contributed by atoms with Crippen molar-refractivity contribution in [2.45, 2.75) is 89.1 Å². The Labute approximate surface area is 157 Å². The Morgan fingerprint density at radius 1 is 0.654 bits per heavy atom. The standard InChI is InChI=1S/C20H36N2O4/c21-17-9-5-15(6-10-17)13-25-19(23)3-1-2-4-20(24)26-14-16-7-11-18(22)12-8-16/h15-18H,1-14,21-22H2. The highest BCUT2D eigenvalue weighted by Crippen LogP contribution is 2.24. The van der Waals surface area contributed by atoms with Crippen molar-refractivity contribution in [1.82, 2.24) is 0 Å². The largest absolute Gasteiger partial charge is 0.465 e. The molecule has 2 saturated carbocycles. The topological polar surface area (TPSA) is 105 Å². The average Bonchev–Trinajstić information content (AvgIpc) is 2.64. The van der Waals surface area contributed by atoms with Crippen LogP contribution in [0, 0.1) is 11.8 Å². The molecule has 0 aromatic heterocycles. The fraction of sp³-hybridized carbons (Fsp3) is 0.900. The monoisotopic (exact) mass is 368 g/mol. The van der Waals surface area contributed by atoms with Crippen molar-refractivity contribution >= 4 is 11.9 Å². The first-order valence-electron chi connectivity index (χ1n) is 10.4. The van der Waals surface area contributed by atoms with Crippen molar-refractivity contribution in [2.24, 2.45) is 23.3 Å². The molecule has 6 nitrogen and oxygen atoms in total. The van der Waals surface area contributed by atoms with Gasteiger partial charge in [0.2, 0.25) is 0 Å². The lowest BCUT2D eigenvalue weighted by Gasteiger charge is -2.25. The van der Waals surface area contributed by atoms with Crippen LogP contribution in [-0.4, -0.2) is 37.2 Å². The van der Waals surface area contributed by atoms with E-state index >= 15 is 0 Å². The fourth-order valence-corrected chi connectivity index (χ4v) is 3.81. The number of rotatable bonds is 9. The van der Waals surface area contributed by atoms with Crippen molar-refractivity contribution in [3.63, 3.8) is 0 Å². The van der Waals surface area contributed by atoms with Gasteiger partial charge in [-0.1, -0.05) is 0 Å². The molecule has 150 valence electrons. The highest BCUT2D eigenvalue weighted by molar-refractivity contribution is 5.70. The molecule has 2 aliphatic rings. The van der Waals surface area contributed by atoms with Gasteiger partial charge in [0, 0.05) is 24.9 Å². The highest BCUT2D eigenvalue weighted by Gasteiger charge is 2.21. The Morgan fingerprint density at radius 3 is 1.35 bits per heavy atom.